The average Bonchev–Trinajstić information content (AvgIpc) is 2.32. The molecule has 0 saturated carbocycles. The smallest absolute Gasteiger partial charge is 0.172 e. The Morgan fingerprint density at radius 3 is 2.44 bits per heavy atom. The first-order valence-corrected chi connectivity index (χ1v) is 6.22. The van der Waals surface area contributed by atoms with Crippen molar-refractivity contribution in [3.05, 3.63) is 23.0 Å². The van der Waals surface area contributed by atoms with Crippen LogP contribution in [0.1, 0.15) is 31.4 Å². The van der Waals surface area contributed by atoms with Crippen molar-refractivity contribution >= 4 is 0 Å². The van der Waals surface area contributed by atoms with Crippen molar-refractivity contribution in [2.24, 2.45) is 5.73 Å². The standard InChI is InChI=1S/C14H22FNO2/c1-5-6-11-12(17-3)8-10(7-9(2)16)14(18-4)13(11)15/h8-9H,5-7,16H2,1-4H3. The molecule has 1 aromatic carbocycles. The number of methoxy groups -OCH3 is 2. The number of hydrogen-bond donors (Lipinski definition) is 1. The van der Waals surface area contributed by atoms with E-state index in [1.165, 1.54) is 7.11 Å². The summed E-state index contributed by atoms with van der Waals surface area (Å²) in [5, 5.41) is 0. The topological polar surface area (TPSA) is 44.5 Å². The SMILES string of the molecule is CCCc1c(OC)cc(CC(C)N)c(OC)c1F. The molecule has 18 heavy (non-hydrogen) atoms. The van der Waals surface area contributed by atoms with E-state index < -0.39 is 0 Å². The predicted molar refractivity (Wildman–Crippen MR) is 70.9 cm³/mol. The highest BCUT2D eigenvalue weighted by Gasteiger charge is 2.19. The van der Waals surface area contributed by atoms with Gasteiger partial charge in [0.05, 0.1) is 14.2 Å². The van der Waals surface area contributed by atoms with E-state index in [2.05, 4.69) is 0 Å². The lowest BCUT2D eigenvalue weighted by molar-refractivity contribution is 0.365. The Morgan fingerprint density at radius 2 is 2.00 bits per heavy atom. The van der Waals surface area contributed by atoms with Gasteiger partial charge in [0, 0.05) is 17.2 Å². The Labute approximate surface area is 108 Å². The van der Waals surface area contributed by atoms with Gasteiger partial charge in [-0.3, -0.25) is 0 Å². The summed E-state index contributed by atoms with van der Waals surface area (Å²) in [4.78, 5) is 0. The minimum Gasteiger partial charge on any atom is -0.496 e. The van der Waals surface area contributed by atoms with Crippen molar-refractivity contribution in [3.63, 3.8) is 0 Å². The van der Waals surface area contributed by atoms with Crippen LogP contribution in [0.2, 0.25) is 0 Å². The molecule has 0 aliphatic heterocycles. The van der Waals surface area contributed by atoms with Gasteiger partial charge >= 0.3 is 0 Å². The molecule has 0 bridgehead atoms. The van der Waals surface area contributed by atoms with Crippen molar-refractivity contribution in [1.29, 1.82) is 0 Å². The molecule has 0 aromatic heterocycles. The van der Waals surface area contributed by atoms with Crippen LogP contribution in [0.3, 0.4) is 0 Å². The summed E-state index contributed by atoms with van der Waals surface area (Å²) in [6.07, 6.45) is 2.04. The van der Waals surface area contributed by atoms with E-state index in [0.717, 1.165) is 12.0 Å². The fraction of sp³-hybridized carbons (Fsp3) is 0.571. The van der Waals surface area contributed by atoms with Crippen LogP contribution in [0.15, 0.2) is 6.07 Å². The molecule has 4 heteroatoms. The Morgan fingerprint density at radius 1 is 1.33 bits per heavy atom. The number of halogens is 1. The van der Waals surface area contributed by atoms with E-state index in [1.54, 1.807) is 7.11 Å². The Kier molecular flexibility index (Phi) is 5.41. The van der Waals surface area contributed by atoms with Crippen LogP contribution in [0.4, 0.5) is 4.39 Å². The lowest BCUT2D eigenvalue weighted by atomic mass is 10.00. The summed E-state index contributed by atoms with van der Waals surface area (Å²) in [7, 11) is 3.03. The van der Waals surface area contributed by atoms with E-state index in [1.807, 2.05) is 19.9 Å². The molecule has 0 saturated heterocycles. The van der Waals surface area contributed by atoms with Crippen molar-refractivity contribution in [3.8, 4) is 11.5 Å². The molecule has 1 atom stereocenters. The lowest BCUT2D eigenvalue weighted by Gasteiger charge is -2.17. The molecule has 102 valence electrons. The predicted octanol–water partition coefficient (Wildman–Crippen LogP) is 2.69. The number of benzene rings is 1. The number of rotatable bonds is 6. The van der Waals surface area contributed by atoms with Gasteiger partial charge < -0.3 is 15.2 Å². The van der Waals surface area contributed by atoms with Crippen LogP contribution >= 0.6 is 0 Å². The minimum absolute atomic E-state index is 0.0555. The first kappa shape index (κ1) is 14.8. The molecular weight excluding hydrogens is 233 g/mol. The van der Waals surface area contributed by atoms with Gasteiger partial charge in [0.15, 0.2) is 11.6 Å². The summed E-state index contributed by atoms with van der Waals surface area (Å²) >= 11 is 0. The molecule has 3 nitrogen and oxygen atoms in total. The zero-order chi connectivity index (χ0) is 13.7. The number of hydrogen-bond acceptors (Lipinski definition) is 3. The van der Waals surface area contributed by atoms with Crippen LogP contribution in [-0.4, -0.2) is 20.3 Å². The summed E-state index contributed by atoms with van der Waals surface area (Å²) in [6, 6.07) is 1.77. The Hall–Kier alpha value is -1.29. The van der Waals surface area contributed by atoms with Gasteiger partial charge in [-0.15, -0.1) is 0 Å². The van der Waals surface area contributed by atoms with Crippen LogP contribution in [0, 0.1) is 5.82 Å². The summed E-state index contributed by atoms with van der Waals surface area (Å²) < 4.78 is 24.8. The highest BCUT2D eigenvalue weighted by atomic mass is 19.1. The molecule has 1 rings (SSSR count). The highest BCUT2D eigenvalue weighted by Crippen LogP contribution is 2.34. The summed E-state index contributed by atoms with van der Waals surface area (Å²) in [5.41, 5.74) is 7.09. The zero-order valence-electron chi connectivity index (χ0n) is 11.5. The molecular formula is C14H22FNO2. The van der Waals surface area contributed by atoms with Crippen LogP contribution < -0.4 is 15.2 Å². The zero-order valence-corrected chi connectivity index (χ0v) is 11.5. The van der Waals surface area contributed by atoms with Crippen LogP contribution in [0.25, 0.3) is 0 Å². The maximum atomic E-state index is 14.4. The third-order valence-corrected chi connectivity index (χ3v) is 2.82. The van der Waals surface area contributed by atoms with E-state index in [-0.39, 0.29) is 17.6 Å². The van der Waals surface area contributed by atoms with E-state index in [4.69, 9.17) is 15.2 Å². The van der Waals surface area contributed by atoms with Gasteiger partial charge in [-0.05, 0) is 25.8 Å². The minimum atomic E-state index is -0.325. The average molecular weight is 255 g/mol. The highest BCUT2D eigenvalue weighted by molar-refractivity contribution is 5.48. The fourth-order valence-corrected chi connectivity index (χ4v) is 2.08. The second-order valence-corrected chi connectivity index (χ2v) is 4.50. The fourth-order valence-electron chi connectivity index (χ4n) is 2.08. The van der Waals surface area contributed by atoms with Crippen molar-refractivity contribution in [2.45, 2.75) is 39.2 Å². The monoisotopic (exact) mass is 255 g/mol. The molecule has 0 aliphatic rings. The number of ether oxygens (including phenoxy) is 2. The Bertz CT molecular complexity index is 405. The van der Waals surface area contributed by atoms with E-state index >= 15 is 0 Å². The molecule has 1 unspecified atom stereocenters. The quantitative estimate of drug-likeness (QED) is 0.850. The van der Waals surface area contributed by atoms with Gasteiger partial charge in [-0.1, -0.05) is 13.3 Å². The largest absolute Gasteiger partial charge is 0.496 e. The van der Waals surface area contributed by atoms with Crippen LogP contribution in [-0.2, 0) is 12.8 Å². The van der Waals surface area contributed by atoms with Gasteiger partial charge in [0.1, 0.15) is 5.75 Å². The van der Waals surface area contributed by atoms with Gasteiger partial charge in [0.2, 0.25) is 0 Å². The van der Waals surface area contributed by atoms with Crippen molar-refractivity contribution in [2.75, 3.05) is 14.2 Å². The molecule has 0 fully saturated rings. The van der Waals surface area contributed by atoms with E-state index in [9.17, 15) is 4.39 Å². The Balaban J connectivity index is 3.32. The first-order chi connectivity index (χ1) is 8.54. The normalized spacial score (nSPS) is 12.3. The molecule has 0 amide bonds. The molecule has 0 aliphatic carbocycles. The molecule has 0 spiro atoms. The maximum absolute atomic E-state index is 14.4. The number of nitrogens with two attached hydrogens (primary N) is 1. The summed E-state index contributed by atoms with van der Waals surface area (Å²) in [6.45, 7) is 3.88. The lowest BCUT2D eigenvalue weighted by Crippen LogP contribution is -2.19. The maximum Gasteiger partial charge on any atom is 0.172 e. The molecule has 2 N–H and O–H groups in total. The third-order valence-electron chi connectivity index (χ3n) is 2.82. The molecule has 0 radical (unpaired) electrons. The van der Waals surface area contributed by atoms with Gasteiger partial charge in [-0.25, -0.2) is 4.39 Å². The summed E-state index contributed by atoms with van der Waals surface area (Å²) in [5.74, 6) is 0.539. The van der Waals surface area contributed by atoms with Gasteiger partial charge in [0.25, 0.3) is 0 Å². The second-order valence-electron chi connectivity index (χ2n) is 4.50. The molecule has 1 aromatic rings. The van der Waals surface area contributed by atoms with Gasteiger partial charge in [-0.2, -0.15) is 0 Å². The molecule has 0 heterocycles. The van der Waals surface area contributed by atoms with Crippen molar-refractivity contribution < 1.29 is 13.9 Å². The first-order valence-electron chi connectivity index (χ1n) is 6.22. The van der Waals surface area contributed by atoms with E-state index in [0.29, 0.717) is 24.2 Å². The van der Waals surface area contributed by atoms with Crippen LogP contribution in [0.5, 0.6) is 11.5 Å². The second kappa shape index (κ2) is 6.59. The van der Waals surface area contributed by atoms with Crippen molar-refractivity contribution in [1.82, 2.24) is 0 Å². The third kappa shape index (κ3) is 3.13.